The summed E-state index contributed by atoms with van der Waals surface area (Å²) in [6, 6.07) is 1.83. The topological polar surface area (TPSA) is 71.9 Å². The quantitative estimate of drug-likeness (QED) is 0.766. The van der Waals surface area contributed by atoms with E-state index in [0.29, 0.717) is 25.5 Å². The number of likely N-dealkylation sites (tertiary alicyclic amines) is 1. The molecule has 1 aliphatic heterocycles. The number of aromatic amines is 1. The first kappa shape index (κ1) is 15.2. The highest BCUT2D eigenvalue weighted by atomic mass is 19.1. The van der Waals surface area contributed by atoms with Crippen LogP contribution in [0.3, 0.4) is 0 Å². The molecule has 0 spiro atoms. The molecule has 1 N–H and O–H groups in total. The van der Waals surface area contributed by atoms with Crippen LogP contribution in [-0.2, 0) is 24.9 Å². The van der Waals surface area contributed by atoms with Crippen molar-refractivity contribution in [1.82, 2.24) is 29.6 Å². The zero-order valence-electron chi connectivity index (χ0n) is 13.4. The Morgan fingerprint density at radius 1 is 1.38 bits per heavy atom. The number of pyridine rings is 1. The molecule has 4 rings (SSSR count). The van der Waals surface area contributed by atoms with E-state index < -0.39 is 12.3 Å². The van der Waals surface area contributed by atoms with Crippen LogP contribution < -0.4 is 0 Å². The first-order chi connectivity index (χ1) is 11.7. The third kappa shape index (κ3) is 3.15. The van der Waals surface area contributed by atoms with Crippen LogP contribution >= 0.6 is 0 Å². The molecule has 0 aliphatic carbocycles. The van der Waals surface area contributed by atoms with Crippen molar-refractivity contribution in [2.24, 2.45) is 7.05 Å². The van der Waals surface area contributed by atoms with E-state index in [-0.39, 0.29) is 6.61 Å². The predicted molar refractivity (Wildman–Crippen MR) is 85.8 cm³/mol. The van der Waals surface area contributed by atoms with Crippen LogP contribution in [0.25, 0.3) is 11.0 Å². The Morgan fingerprint density at radius 3 is 3.08 bits per heavy atom. The van der Waals surface area contributed by atoms with Gasteiger partial charge in [-0.15, -0.1) is 0 Å². The fraction of sp³-hybridized carbons (Fsp3) is 0.438. The average Bonchev–Trinajstić information content (AvgIpc) is 3.24. The standard InChI is InChI=1S/C16H19FN6O/c1-22-6-11(4-19-22)7-23-8-12(17)15(9-23)24-10-16-20-13-2-3-18-5-14(13)21-16/h2-6,12,15H,7-10H2,1H3,(H,20,21). The number of nitrogens with zero attached hydrogens (tertiary/aromatic N) is 5. The molecule has 1 aliphatic rings. The summed E-state index contributed by atoms with van der Waals surface area (Å²) < 4.78 is 21.7. The molecule has 1 fully saturated rings. The maximum atomic E-state index is 14.2. The second-order valence-electron chi connectivity index (χ2n) is 6.16. The van der Waals surface area contributed by atoms with Crippen molar-refractivity contribution >= 4 is 11.0 Å². The normalized spacial score (nSPS) is 21.8. The fourth-order valence-corrected chi connectivity index (χ4v) is 3.07. The minimum Gasteiger partial charge on any atom is -0.366 e. The number of H-pyrrole nitrogens is 1. The molecule has 0 aromatic carbocycles. The van der Waals surface area contributed by atoms with Gasteiger partial charge in [0.15, 0.2) is 0 Å². The number of aryl methyl sites for hydroxylation is 1. The van der Waals surface area contributed by atoms with Crippen molar-refractivity contribution < 1.29 is 9.13 Å². The van der Waals surface area contributed by atoms with E-state index >= 15 is 0 Å². The molecule has 3 aromatic rings. The SMILES string of the molecule is Cn1cc(CN2CC(F)C(OCc3nc4ccncc4[nH]3)C2)cn1. The molecule has 2 atom stereocenters. The second kappa shape index (κ2) is 6.29. The molecule has 4 heterocycles. The number of alkyl halides is 1. The third-order valence-corrected chi connectivity index (χ3v) is 4.21. The lowest BCUT2D eigenvalue weighted by molar-refractivity contribution is 0.00863. The molecule has 7 nitrogen and oxygen atoms in total. The van der Waals surface area contributed by atoms with Crippen molar-refractivity contribution in [3.05, 3.63) is 42.2 Å². The van der Waals surface area contributed by atoms with Crippen LogP contribution in [-0.4, -0.2) is 55.0 Å². The summed E-state index contributed by atoms with van der Waals surface area (Å²) in [5, 5.41) is 4.14. The average molecular weight is 330 g/mol. The van der Waals surface area contributed by atoms with Crippen molar-refractivity contribution in [1.29, 1.82) is 0 Å². The summed E-state index contributed by atoms with van der Waals surface area (Å²) in [5.41, 5.74) is 2.78. The summed E-state index contributed by atoms with van der Waals surface area (Å²) in [6.07, 6.45) is 5.74. The minimum absolute atomic E-state index is 0.264. The second-order valence-corrected chi connectivity index (χ2v) is 6.16. The monoisotopic (exact) mass is 330 g/mol. The van der Waals surface area contributed by atoms with Crippen LogP contribution in [0.2, 0.25) is 0 Å². The summed E-state index contributed by atoms with van der Waals surface area (Å²) in [6.45, 7) is 1.90. The van der Waals surface area contributed by atoms with Crippen molar-refractivity contribution in [3.63, 3.8) is 0 Å². The van der Waals surface area contributed by atoms with Gasteiger partial charge in [-0.25, -0.2) is 9.37 Å². The Kier molecular flexibility index (Phi) is 3.99. The van der Waals surface area contributed by atoms with Gasteiger partial charge in [0, 0.05) is 44.6 Å². The lowest BCUT2D eigenvalue weighted by Gasteiger charge is -2.14. The molecule has 126 valence electrons. The molecule has 3 aromatic heterocycles. The number of rotatable bonds is 5. The minimum atomic E-state index is -0.993. The Hall–Kier alpha value is -2.32. The lowest BCUT2D eigenvalue weighted by Crippen LogP contribution is -2.24. The Bertz CT molecular complexity index is 798. The van der Waals surface area contributed by atoms with Crippen LogP contribution in [0.4, 0.5) is 4.39 Å². The van der Waals surface area contributed by atoms with Crippen LogP contribution in [0, 0.1) is 0 Å². The lowest BCUT2D eigenvalue weighted by atomic mass is 10.3. The maximum absolute atomic E-state index is 14.2. The van der Waals surface area contributed by atoms with Crippen LogP contribution in [0.5, 0.6) is 0 Å². The van der Waals surface area contributed by atoms with Gasteiger partial charge >= 0.3 is 0 Å². The number of hydrogen-bond donors (Lipinski definition) is 1. The molecule has 2 unspecified atom stereocenters. The fourth-order valence-electron chi connectivity index (χ4n) is 3.07. The highest BCUT2D eigenvalue weighted by Crippen LogP contribution is 2.20. The number of aromatic nitrogens is 5. The van der Waals surface area contributed by atoms with E-state index in [1.165, 1.54) is 0 Å². The van der Waals surface area contributed by atoms with Crippen LogP contribution in [0.15, 0.2) is 30.9 Å². The summed E-state index contributed by atoms with van der Waals surface area (Å²) >= 11 is 0. The van der Waals surface area contributed by atoms with Gasteiger partial charge in [0.2, 0.25) is 0 Å². The Labute approximate surface area is 138 Å². The summed E-state index contributed by atoms with van der Waals surface area (Å²) in [7, 11) is 1.88. The predicted octanol–water partition coefficient (Wildman–Crippen LogP) is 1.43. The van der Waals surface area contributed by atoms with E-state index in [2.05, 4.69) is 25.0 Å². The molecule has 24 heavy (non-hydrogen) atoms. The van der Waals surface area contributed by atoms with Gasteiger partial charge in [-0.2, -0.15) is 5.10 Å². The molecule has 8 heteroatoms. The highest BCUT2D eigenvalue weighted by Gasteiger charge is 2.33. The number of fused-ring (bicyclic) bond motifs is 1. The van der Waals surface area contributed by atoms with Crippen molar-refractivity contribution in [2.45, 2.75) is 25.4 Å². The third-order valence-electron chi connectivity index (χ3n) is 4.21. The molecule has 0 amide bonds. The van der Waals surface area contributed by atoms with Gasteiger partial charge in [-0.1, -0.05) is 0 Å². The largest absolute Gasteiger partial charge is 0.366 e. The van der Waals surface area contributed by atoms with E-state index in [0.717, 1.165) is 16.6 Å². The first-order valence-electron chi connectivity index (χ1n) is 7.91. The van der Waals surface area contributed by atoms with E-state index in [4.69, 9.17) is 4.74 Å². The summed E-state index contributed by atoms with van der Waals surface area (Å²) in [4.78, 5) is 13.7. The zero-order chi connectivity index (χ0) is 16.5. The molecule has 0 saturated carbocycles. The molecule has 0 radical (unpaired) electrons. The molecule has 1 saturated heterocycles. The molecular formula is C16H19FN6O. The number of nitrogens with one attached hydrogen (secondary N) is 1. The number of imidazole rings is 1. The highest BCUT2D eigenvalue weighted by molar-refractivity contribution is 5.73. The summed E-state index contributed by atoms with van der Waals surface area (Å²) in [5.74, 6) is 0.691. The Balaban J connectivity index is 1.34. The first-order valence-corrected chi connectivity index (χ1v) is 7.91. The number of halogens is 1. The van der Waals surface area contributed by atoms with Gasteiger partial charge in [0.1, 0.15) is 24.7 Å². The Morgan fingerprint density at radius 2 is 2.29 bits per heavy atom. The van der Waals surface area contributed by atoms with E-state index in [9.17, 15) is 4.39 Å². The van der Waals surface area contributed by atoms with Crippen molar-refractivity contribution in [3.8, 4) is 0 Å². The van der Waals surface area contributed by atoms with Gasteiger partial charge in [-0.05, 0) is 6.07 Å². The van der Waals surface area contributed by atoms with E-state index in [1.54, 1.807) is 17.1 Å². The van der Waals surface area contributed by atoms with Gasteiger partial charge < -0.3 is 9.72 Å². The number of ether oxygens (including phenoxy) is 1. The molecular weight excluding hydrogens is 311 g/mol. The molecule has 0 bridgehead atoms. The van der Waals surface area contributed by atoms with Gasteiger partial charge in [0.25, 0.3) is 0 Å². The maximum Gasteiger partial charge on any atom is 0.140 e. The zero-order valence-corrected chi connectivity index (χ0v) is 13.4. The van der Waals surface area contributed by atoms with Gasteiger partial charge in [0.05, 0.1) is 23.4 Å². The smallest absolute Gasteiger partial charge is 0.140 e. The van der Waals surface area contributed by atoms with Crippen molar-refractivity contribution in [2.75, 3.05) is 13.1 Å². The van der Waals surface area contributed by atoms with Gasteiger partial charge in [-0.3, -0.25) is 14.6 Å². The van der Waals surface area contributed by atoms with E-state index in [1.807, 2.05) is 25.5 Å². The van der Waals surface area contributed by atoms with Crippen LogP contribution in [0.1, 0.15) is 11.4 Å². The number of hydrogen-bond acceptors (Lipinski definition) is 5.